The van der Waals surface area contributed by atoms with E-state index < -0.39 is 5.44 Å². The number of hydrogen-bond acceptors (Lipinski definition) is 8. The number of hydrogen-bond donors (Lipinski definition) is 4. The first-order chi connectivity index (χ1) is 17.8. The van der Waals surface area contributed by atoms with Gasteiger partial charge in [0.25, 0.3) is 0 Å². The number of benzene rings is 2. The quantitative estimate of drug-likeness (QED) is 0.355. The molecule has 2 fully saturated rings. The minimum Gasteiger partial charge on any atom is -0.378 e. The van der Waals surface area contributed by atoms with Crippen molar-refractivity contribution in [2.75, 3.05) is 23.8 Å². The second-order valence-electron chi connectivity index (χ2n) is 10.4. The molecule has 3 aromatic rings. The molecule has 2 aliphatic heterocycles. The predicted molar refractivity (Wildman–Crippen MR) is 144 cm³/mol. The maximum atomic E-state index is 13.8. The summed E-state index contributed by atoms with van der Waals surface area (Å²) in [5, 5.41) is 20.2. The molecule has 188 valence electrons. The lowest BCUT2D eigenvalue weighted by atomic mass is 9.69. The summed E-state index contributed by atoms with van der Waals surface area (Å²) in [6, 6.07) is 12.9. The van der Waals surface area contributed by atoms with Crippen LogP contribution in [0, 0.1) is 17.1 Å². The Labute approximate surface area is 220 Å². The normalized spacial score (nSPS) is 19.8. The zero-order valence-electron chi connectivity index (χ0n) is 20.5. The highest BCUT2D eigenvalue weighted by atomic mass is 35.5. The number of hydrazine groups is 2. The molecule has 11 heteroatoms. The van der Waals surface area contributed by atoms with Gasteiger partial charge in [-0.25, -0.2) is 4.39 Å². The fourth-order valence-corrected chi connectivity index (χ4v) is 5.10. The maximum absolute atomic E-state index is 13.8. The third kappa shape index (κ3) is 4.33. The van der Waals surface area contributed by atoms with Gasteiger partial charge in [0.2, 0.25) is 0 Å². The van der Waals surface area contributed by atoms with Gasteiger partial charge < -0.3 is 20.8 Å². The third-order valence-electron chi connectivity index (χ3n) is 7.20. The van der Waals surface area contributed by atoms with Gasteiger partial charge in [0.15, 0.2) is 0 Å². The molecule has 0 radical (unpaired) electrons. The molecule has 2 aromatic carbocycles. The molecule has 37 heavy (non-hydrogen) atoms. The van der Waals surface area contributed by atoms with Crippen LogP contribution in [-0.2, 0) is 10.2 Å². The molecule has 1 atom stereocenters. The van der Waals surface area contributed by atoms with Crippen LogP contribution in [0.4, 0.5) is 15.8 Å². The van der Waals surface area contributed by atoms with Crippen molar-refractivity contribution in [1.82, 2.24) is 21.0 Å². The fourth-order valence-electron chi connectivity index (χ4n) is 4.83. The van der Waals surface area contributed by atoms with Gasteiger partial charge in [0.05, 0.1) is 51.7 Å². The Balaban J connectivity index is 1.45. The van der Waals surface area contributed by atoms with Crippen LogP contribution >= 0.6 is 11.6 Å². The van der Waals surface area contributed by atoms with Gasteiger partial charge in [-0.05, 0) is 49.6 Å². The van der Waals surface area contributed by atoms with E-state index in [4.69, 9.17) is 16.3 Å². The first-order valence-corrected chi connectivity index (χ1v) is 12.6. The Morgan fingerprint density at radius 1 is 1.30 bits per heavy atom. The molecule has 1 saturated carbocycles. The van der Waals surface area contributed by atoms with Crippen molar-refractivity contribution in [2.45, 2.75) is 36.8 Å². The van der Waals surface area contributed by atoms with Gasteiger partial charge in [-0.15, -0.1) is 5.53 Å². The average Bonchev–Trinajstić information content (AvgIpc) is 3.59. The molecule has 0 amide bonds. The zero-order chi connectivity index (χ0) is 25.8. The summed E-state index contributed by atoms with van der Waals surface area (Å²) < 4.78 is 19.2. The van der Waals surface area contributed by atoms with Crippen LogP contribution in [0.5, 0.6) is 0 Å². The van der Waals surface area contributed by atoms with Crippen molar-refractivity contribution in [1.29, 1.82) is 5.26 Å². The monoisotopic (exact) mass is 517 g/mol. The van der Waals surface area contributed by atoms with E-state index in [1.165, 1.54) is 12.1 Å². The minimum absolute atomic E-state index is 0.283. The van der Waals surface area contributed by atoms with E-state index in [2.05, 4.69) is 50.8 Å². The smallest absolute Gasteiger partial charge is 0.148 e. The van der Waals surface area contributed by atoms with Crippen molar-refractivity contribution >= 4 is 41.7 Å². The van der Waals surface area contributed by atoms with E-state index in [0.717, 1.165) is 35.2 Å². The van der Waals surface area contributed by atoms with Gasteiger partial charge in [0, 0.05) is 29.5 Å². The highest BCUT2D eigenvalue weighted by Crippen LogP contribution is 2.39. The summed E-state index contributed by atoms with van der Waals surface area (Å²) >= 11 is 6.74. The molecule has 8 nitrogen and oxygen atoms in total. The number of nitrogens with one attached hydrogen (secondary N) is 4. The number of rotatable bonds is 7. The van der Waals surface area contributed by atoms with Crippen LogP contribution in [0.1, 0.15) is 30.9 Å². The van der Waals surface area contributed by atoms with E-state index in [1.807, 2.05) is 20.0 Å². The van der Waals surface area contributed by atoms with E-state index in [0.29, 0.717) is 41.0 Å². The largest absolute Gasteiger partial charge is 0.378 e. The SMILES string of the molecule is BC(Nc1cc(Cl)c2ncc(C#N)c(NC3(C)COC3)c2c1)(C1=CN(C2CC2)NN1)c1ccc(F)cc1. The number of fused-ring (bicyclic) bond motifs is 1. The van der Waals surface area contributed by atoms with Crippen LogP contribution in [0.3, 0.4) is 0 Å². The first-order valence-electron chi connectivity index (χ1n) is 12.2. The lowest BCUT2D eigenvalue weighted by molar-refractivity contribution is -0.0317. The molecule has 1 unspecified atom stereocenters. The number of pyridine rings is 1. The summed E-state index contributed by atoms with van der Waals surface area (Å²) in [5.74, 6) is -0.301. The summed E-state index contributed by atoms with van der Waals surface area (Å²) in [6.45, 7) is 3.14. The lowest BCUT2D eigenvalue weighted by Gasteiger charge is -2.40. The van der Waals surface area contributed by atoms with E-state index in [-0.39, 0.29) is 11.4 Å². The van der Waals surface area contributed by atoms with Gasteiger partial charge in [0.1, 0.15) is 19.7 Å². The molecule has 3 heterocycles. The van der Waals surface area contributed by atoms with Crippen LogP contribution in [0.2, 0.25) is 5.02 Å². The van der Waals surface area contributed by atoms with Crippen molar-refractivity contribution in [2.24, 2.45) is 0 Å². The third-order valence-corrected chi connectivity index (χ3v) is 7.48. The molecule has 0 spiro atoms. The number of nitrogens with zero attached hydrogens (tertiary/aromatic N) is 3. The van der Waals surface area contributed by atoms with E-state index in [1.54, 1.807) is 18.3 Å². The summed E-state index contributed by atoms with van der Waals surface area (Å²) in [5.41, 5.74) is 9.65. The molecule has 0 bridgehead atoms. The highest BCUT2D eigenvalue weighted by molar-refractivity contribution is 6.36. The molecule has 3 aliphatic rings. The van der Waals surface area contributed by atoms with Crippen LogP contribution in [0.15, 0.2) is 54.5 Å². The number of anilines is 2. The maximum Gasteiger partial charge on any atom is 0.148 e. The second kappa shape index (κ2) is 8.80. The molecule has 1 saturated heterocycles. The Kier molecular flexibility index (Phi) is 5.68. The topological polar surface area (TPSA) is 97.3 Å². The first kappa shape index (κ1) is 23.9. The van der Waals surface area contributed by atoms with Gasteiger partial charge in [-0.3, -0.25) is 9.99 Å². The summed E-state index contributed by atoms with van der Waals surface area (Å²) in [4.78, 5) is 4.47. The van der Waals surface area contributed by atoms with Gasteiger partial charge in [-0.2, -0.15) is 5.26 Å². The molecule has 1 aliphatic carbocycles. The highest BCUT2D eigenvalue weighted by Gasteiger charge is 2.38. The molecule has 1 aromatic heterocycles. The standard InChI is InChI=1S/C26H26BClFN7O/c1-25(13-37-14-25)33-23-15(10-30)11-31-24-20(23)8-18(9-21(24)28)32-26(27,16-2-4-17(29)5-3-16)22-12-36(35-34-22)19-6-7-19/h2-5,8-9,11-12,19,32,34-35H,6-7,13-14,27H2,1H3,(H,31,33). The van der Waals surface area contributed by atoms with Gasteiger partial charge >= 0.3 is 0 Å². The average molecular weight is 518 g/mol. The van der Waals surface area contributed by atoms with Gasteiger partial charge in [-0.1, -0.05) is 23.7 Å². The van der Waals surface area contributed by atoms with Crippen molar-refractivity contribution in [3.05, 3.63) is 76.5 Å². The van der Waals surface area contributed by atoms with E-state index in [9.17, 15) is 9.65 Å². The molecular weight excluding hydrogens is 492 g/mol. The molecule has 6 rings (SSSR count). The van der Waals surface area contributed by atoms with Crippen LogP contribution in [0.25, 0.3) is 10.9 Å². The summed E-state index contributed by atoms with van der Waals surface area (Å²) in [6.07, 6.45) is 5.86. The lowest BCUT2D eigenvalue weighted by Crippen LogP contribution is -2.53. The Hall–Kier alpha value is -3.52. The van der Waals surface area contributed by atoms with E-state index >= 15 is 0 Å². The molecule has 4 N–H and O–H groups in total. The number of halogens is 2. The summed E-state index contributed by atoms with van der Waals surface area (Å²) in [7, 11) is 2.03. The van der Waals surface area contributed by atoms with Crippen molar-refractivity contribution in [3.63, 3.8) is 0 Å². The van der Waals surface area contributed by atoms with Crippen molar-refractivity contribution in [3.8, 4) is 6.07 Å². The minimum atomic E-state index is -0.761. The fraction of sp³-hybridized carbons (Fsp3) is 0.308. The zero-order valence-corrected chi connectivity index (χ0v) is 21.3. The second-order valence-corrected chi connectivity index (χ2v) is 10.8. The Morgan fingerprint density at radius 3 is 2.70 bits per heavy atom. The molecular formula is C26H26BClFN7O. The number of nitriles is 1. The predicted octanol–water partition coefficient (Wildman–Crippen LogP) is 3.33. The number of ether oxygens (including phenoxy) is 1. The van der Waals surface area contributed by atoms with Crippen LogP contribution < -0.4 is 21.6 Å². The van der Waals surface area contributed by atoms with Crippen molar-refractivity contribution < 1.29 is 9.13 Å². The van der Waals surface area contributed by atoms with Crippen LogP contribution in [-0.4, -0.2) is 42.6 Å². The number of aromatic nitrogens is 1. The Morgan fingerprint density at radius 2 is 2.05 bits per heavy atom. The Bertz CT molecular complexity index is 1450.